The molecule has 4 heteroatoms. The summed E-state index contributed by atoms with van der Waals surface area (Å²) in [6.45, 7) is 4.39. The Labute approximate surface area is 114 Å². The molecular formula is C15H21NO3. The smallest absolute Gasteiger partial charge is 0.333 e. The number of carbonyl (C=O) groups is 1. The SMILES string of the molecule is COC(=O)/C(C)=C/CN[C@H](C)c1ccccc1OC. The molecule has 1 aromatic rings. The summed E-state index contributed by atoms with van der Waals surface area (Å²) in [5.74, 6) is 0.558. The number of rotatable bonds is 6. The highest BCUT2D eigenvalue weighted by Crippen LogP contribution is 2.23. The van der Waals surface area contributed by atoms with Crippen molar-refractivity contribution < 1.29 is 14.3 Å². The number of benzene rings is 1. The topological polar surface area (TPSA) is 47.6 Å². The third-order valence-corrected chi connectivity index (χ3v) is 2.95. The number of methoxy groups -OCH3 is 2. The van der Waals surface area contributed by atoms with Gasteiger partial charge >= 0.3 is 5.97 Å². The van der Waals surface area contributed by atoms with E-state index in [2.05, 4.69) is 17.0 Å². The van der Waals surface area contributed by atoms with E-state index in [4.69, 9.17) is 4.74 Å². The molecule has 0 heterocycles. The van der Waals surface area contributed by atoms with Crippen LogP contribution in [0.2, 0.25) is 0 Å². The molecule has 0 saturated carbocycles. The summed E-state index contributed by atoms with van der Waals surface area (Å²) >= 11 is 0. The summed E-state index contributed by atoms with van der Waals surface area (Å²) in [5, 5.41) is 3.32. The van der Waals surface area contributed by atoms with Crippen LogP contribution < -0.4 is 10.1 Å². The average Bonchev–Trinajstić information content (AvgIpc) is 2.45. The summed E-state index contributed by atoms with van der Waals surface area (Å²) in [7, 11) is 3.04. The third kappa shape index (κ3) is 4.41. The Balaban J connectivity index is 2.61. The number of esters is 1. The second-order valence-electron chi connectivity index (χ2n) is 4.25. The molecule has 4 nitrogen and oxygen atoms in total. The normalized spacial score (nSPS) is 12.9. The molecule has 104 valence electrons. The Hall–Kier alpha value is -1.81. The molecule has 0 amide bonds. The van der Waals surface area contributed by atoms with Crippen molar-refractivity contribution in [1.29, 1.82) is 0 Å². The van der Waals surface area contributed by atoms with Crippen LogP contribution in [-0.4, -0.2) is 26.7 Å². The predicted molar refractivity (Wildman–Crippen MR) is 75.2 cm³/mol. The Morgan fingerprint density at radius 1 is 1.37 bits per heavy atom. The molecule has 1 aromatic carbocycles. The van der Waals surface area contributed by atoms with Crippen molar-refractivity contribution in [2.45, 2.75) is 19.9 Å². The lowest BCUT2D eigenvalue weighted by atomic mass is 10.1. The van der Waals surface area contributed by atoms with E-state index >= 15 is 0 Å². The molecular weight excluding hydrogens is 242 g/mol. The first-order valence-electron chi connectivity index (χ1n) is 6.21. The van der Waals surface area contributed by atoms with Crippen molar-refractivity contribution in [3.8, 4) is 5.75 Å². The maximum Gasteiger partial charge on any atom is 0.333 e. The van der Waals surface area contributed by atoms with Crippen molar-refractivity contribution >= 4 is 5.97 Å². The summed E-state index contributed by atoms with van der Waals surface area (Å²) in [6.07, 6.45) is 1.82. The number of nitrogens with one attached hydrogen (secondary N) is 1. The lowest BCUT2D eigenvalue weighted by Gasteiger charge is -2.16. The minimum absolute atomic E-state index is 0.137. The van der Waals surface area contributed by atoms with Crippen LogP contribution in [-0.2, 0) is 9.53 Å². The third-order valence-electron chi connectivity index (χ3n) is 2.95. The van der Waals surface area contributed by atoms with Crippen molar-refractivity contribution in [2.24, 2.45) is 0 Å². The van der Waals surface area contributed by atoms with Crippen molar-refractivity contribution in [2.75, 3.05) is 20.8 Å². The zero-order valence-corrected chi connectivity index (χ0v) is 11.9. The quantitative estimate of drug-likeness (QED) is 0.632. The summed E-state index contributed by atoms with van der Waals surface area (Å²) < 4.78 is 9.96. The summed E-state index contributed by atoms with van der Waals surface area (Å²) in [5.41, 5.74) is 1.69. The maximum atomic E-state index is 11.2. The molecule has 0 fully saturated rings. The maximum absolute atomic E-state index is 11.2. The predicted octanol–water partition coefficient (Wildman–Crippen LogP) is 2.47. The average molecular weight is 263 g/mol. The van der Waals surface area contributed by atoms with Gasteiger partial charge in [0, 0.05) is 23.7 Å². The fourth-order valence-corrected chi connectivity index (χ4v) is 1.77. The number of hydrogen-bond acceptors (Lipinski definition) is 4. The minimum atomic E-state index is -0.299. The minimum Gasteiger partial charge on any atom is -0.496 e. The van der Waals surface area contributed by atoms with Gasteiger partial charge in [-0.3, -0.25) is 0 Å². The van der Waals surface area contributed by atoms with Gasteiger partial charge in [0.25, 0.3) is 0 Å². The van der Waals surface area contributed by atoms with Gasteiger partial charge in [-0.1, -0.05) is 24.3 Å². The second-order valence-corrected chi connectivity index (χ2v) is 4.25. The highest BCUT2D eigenvalue weighted by atomic mass is 16.5. The summed E-state index contributed by atoms with van der Waals surface area (Å²) in [4.78, 5) is 11.2. The Bertz CT molecular complexity index is 454. The van der Waals surface area contributed by atoms with Gasteiger partial charge in [-0.15, -0.1) is 0 Å². The van der Waals surface area contributed by atoms with Crippen LogP contribution in [0, 0.1) is 0 Å². The van der Waals surface area contributed by atoms with Crippen molar-refractivity contribution in [3.05, 3.63) is 41.5 Å². The van der Waals surface area contributed by atoms with E-state index in [0.29, 0.717) is 12.1 Å². The fourth-order valence-electron chi connectivity index (χ4n) is 1.77. The van der Waals surface area contributed by atoms with E-state index in [1.54, 1.807) is 14.0 Å². The lowest BCUT2D eigenvalue weighted by molar-refractivity contribution is -0.136. The Morgan fingerprint density at radius 2 is 2.05 bits per heavy atom. The van der Waals surface area contributed by atoms with Crippen LogP contribution in [0.3, 0.4) is 0 Å². The van der Waals surface area contributed by atoms with Gasteiger partial charge in [-0.25, -0.2) is 4.79 Å². The number of carbonyl (C=O) groups excluding carboxylic acids is 1. The van der Waals surface area contributed by atoms with Gasteiger partial charge in [-0.2, -0.15) is 0 Å². The second kappa shape index (κ2) is 7.59. The zero-order valence-electron chi connectivity index (χ0n) is 11.9. The Kier molecular flexibility index (Phi) is 6.09. The molecule has 0 spiro atoms. The largest absolute Gasteiger partial charge is 0.496 e. The first-order chi connectivity index (χ1) is 9.10. The standard InChI is InChI=1S/C15H21NO3/c1-11(15(17)19-4)9-10-16-12(2)13-7-5-6-8-14(13)18-3/h5-9,12,16H,10H2,1-4H3/b11-9+/t12-/m1/s1. The molecule has 0 unspecified atom stereocenters. The number of ether oxygens (including phenoxy) is 2. The van der Waals surface area contributed by atoms with Gasteiger partial charge in [0.2, 0.25) is 0 Å². The van der Waals surface area contributed by atoms with E-state index in [1.165, 1.54) is 7.11 Å². The molecule has 0 aliphatic rings. The zero-order chi connectivity index (χ0) is 14.3. The molecule has 0 aliphatic heterocycles. The molecule has 0 bridgehead atoms. The van der Waals surface area contributed by atoms with E-state index < -0.39 is 0 Å². The van der Waals surface area contributed by atoms with Gasteiger partial charge < -0.3 is 14.8 Å². The molecule has 0 aromatic heterocycles. The monoisotopic (exact) mass is 263 g/mol. The highest BCUT2D eigenvalue weighted by molar-refractivity contribution is 5.87. The molecule has 0 radical (unpaired) electrons. The van der Waals surface area contributed by atoms with E-state index in [0.717, 1.165) is 11.3 Å². The van der Waals surface area contributed by atoms with Gasteiger partial charge in [0.05, 0.1) is 14.2 Å². The highest BCUT2D eigenvalue weighted by Gasteiger charge is 2.09. The lowest BCUT2D eigenvalue weighted by Crippen LogP contribution is -2.20. The van der Waals surface area contributed by atoms with E-state index in [1.807, 2.05) is 30.3 Å². The van der Waals surface area contributed by atoms with Crippen LogP contribution in [0.1, 0.15) is 25.5 Å². The molecule has 1 N–H and O–H groups in total. The molecule has 0 saturated heterocycles. The van der Waals surface area contributed by atoms with Crippen LogP contribution in [0.4, 0.5) is 0 Å². The fraction of sp³-hybridized carbons (Fsp3) is 0.400. The van der Waals surface area contributed by atoms with Crippen LogP contribution >= 0.6 is 0 Å². The molecule has 1 rings (SSSR count). The van der Waals surface area contributed by atoms with Crippen LogP contribution in [0.25, 0.3) is 0 Å². The van der Waals surface area contributed by atoms with Crippen LogP contribution in [0.5, 0.6) is 5.75 Å². The Morgan fingerprint density at radius 3 is 2.68 bits per heavy atom. The number of para-hydroxylation sites is 1. The molecule has 19 heavy (non-hydrogen) atoms. The first kappa shape index (κ1) is 15.2. The van der Waals surface area contributed by atoms with E-state index in [-0.39, 0.29) is 12.0 Å². The molecule has 0 aliphatic carbocycles. The number of hydrogen-bond donors (Lipinski definition) is 1. The first-order valence-corrected chi connectivity index (χ1v) is 6.21. The molecule has 1 atom stereocenters. The van der Waals surface area contributed by atoms with Crippen molar-refractivity contribution in [1.82, 2.24) is 5.32 Å². The van der Waals surface area contributed by atoms with Gasteiger partial charge in [-0.05, 0) is 19.9 Å². The van der Waals surface area contributed by atoms with Gasteiger partial charge in [0.15, 0.2) is 0 Å². The summed E-state index contributed by atoms with van der Waals surface area (Å²) in [6, 6.07) is 8.01. The van der Waals surface area contributed by atoms with E-state index in [9.17, 15) is 4.79 Å². The van der Waals surface area contributed by atoms with Gasteiger partial charge in [0.1, 0.15) is 5.75 Å². The van der Waals surface area contributed by atoms with Crippen molar-refractivity contribution in [3.63, 3.8) is 0 Å². The van der Waals surface area contributed by atoms with Crippen LogP contribution in [0.15, 0.2) is 35.9 Å².